The molecule has 1 unspecified atom stereocenters. The predicted octanol–water partition coefficient (Wildman–Crippen LogP) is 3.23. The maximum absolute atomic E-state index is 13.4. The van der Waals surface area contributed by atoms with E-state index in [2.05, 4.69) is 15.2 Å². The highest BCUT2D eigenvalue weighted by Crippen LogP contribution is 2.22. The van der Waals surface area contributed by atoms with Gasteiger partial charge < -0.3 is 14.6 Å². The highest BCUT2D eigenvalue weighted by molar-refractivity contribution is 7.97. The lowest BCUT2D eigenvalue weighted by Gasteiger charge is -2.35. The third-order valence-corrected chi connectivity index (χ3v) is 6.09. The molecule has 0 bridgehead atoms. The van der Waals surface area contributed by atoms with Crippen LogP contribution in [0.4, 0.5) is 4.39 Å². The van der Waals surface area contributed by atoms with Crippen LogP contribution in [0.1, 0.15) is 17.4 Å². The summed E-state index contributed by atoms with van der Waals surface area (Å²) in [6, 6.07) is 14.4. The van der Waals surface area contributed by atoms with E-state index >= 15 is 0 Å². The summed E-state index contributed by atoms with van der Waals surface area (Å²) in [4.78, 5) is 19.9. The summed E-state index contributed by atoms with van der Waals surface area (Å²) in [5.41, 5.74) is 2.85. The average Bonchev–Trinajstić information content (AvgIpc) is 3.13. The highest BCUT2D eigenvalue weighted by Gasteiger charge is 2.23. The number of aromatic nitrogens is 2. The second-order valence-electron chi connectivity index (χ2n) is 7.56. The number of benzene rings is 2. The number of morpholine rings is 1. The SMILES string of the molecule is CSCc1nc2ccccc2n1CC(=O)NCC(c1ccc(F)cc1)N1CCOCC1. The van der Waals surface area contributed by atoms with Gasteiger partial charge in [0.1, 0.15) is 18.2 Å². The molecule has 1 aliphatic rings. The summed E-state index contributed by atoms with van der Waals surface area (Å²) >= 11 is 1.68. The Hall–Kier alpha value is -2.42. The van der Waals surface area contributed by atoms with Crippen LogP contribution in [0.2, 0.25) is 0 Å². The molecule has 164 valence electrons. The van der Waals surface area contributed by atoms with Crippen molar-refractivity contribution in [1.29, 1.82) is 0 Å². The zero-order valence-corrected chi connectivity index (χ0v) is 18.4. The van der Waals surface area contributed by atoms with Crippen LogP contribution in [0.15, 0.2) is 48.5 Å². The van der Waals surface area contributed by atoms with Gasteiger partial charge in [0.2, 0.25) is 5.91 Å². The molecular weight excluding hydrogens is 415 g/mol. The molecule has 0 saturated carbocycles. The topological polar surface area (TPSA) is 59.4 Å². The first-order chi connectivity index (χ1) is 15.2. The summed E-state index contributed by atoms with van der Waals surface area (Å²) in [6.45, 7) is 3.55. The number of ether oxygens (including phenoxy) is 1. The van der Waals surface area contributed by atoms with E-state index in [-0.39, 0.29) is 24.3 Å². The van der Waals surface area contributed by atoms with E-state index in [0.717, 1.165) is 41.3 Å². The highest BCUT2D eigenvalue weighted by atomic mass is 32.2. The van der Waals surface area contributed by atoms with Gasteiger partial charge in [-0.2, -0.15) is 11.8 Å². The summed E-state index contributed by atoms with van der Waals surface area (Å²) in [5.74, 6) is 1.31. The molecule has 1 aromatic heterocycles. The Kier molecular flexibility index (Phi) is 7.21. The number of imidazole rings is 1. The molecule has 1 amide bonds. The van der Waals surface area contributed by atoms with Crippen molar-refractivity contribution in [2.45, 2.75) is 18.3 Å². The van der Waals surface area contributed by atoms with Gasteiger partial charge in [0.05, 0.1) is 36.0 Å². The van der Waals surface area contributed by atoms with E-state index in [4.69, 9.17) is 4.74 Å². The maximum Gasteiger partial charge on any atom is 0.240 e. The molecule has 4 rings (SSSR count). The Morgan fingerprint density at radius 3 is 2.68 bits per heavy atom. The van der Waals surface area contributed by atoms with Gasteiger partial charge in [0.25, 0.3) is 0 Å². The number of thioether (sulfide) groups is 1. The van der Waals surface area contributed by atoms with Gasteiger partial charge >= 0.3 is 0 Å². The number of carbonyl (C=O) groups is 1. The Labute approximate surface area is 185 Å². The van der Waals surface area contributed by atoms with Crippen molar-refractivity contribution in [3.8, 4) is 0 Å². The van der Waals surface area contributed by atoms with Gasteiger partial charge in [-0.1, -0.05) is 24.3 Å². The van der Waals surface area contributed by atoms with Crippen molar-refractivity contribution in [2.75, 3.05) is 39.1 Å². The van der Waals surface area contributed by atoms with Crippen LogP contribution < -0.4 is 5.32 Å². The minimum atomic E-state index is -0.262. The molecule has 0 radical (unpaired) electrons. The Morgan fingerprint density at radius 1 is 1.19 bits per heavy atom. The number of rotatable bonds is 8. The number of para-hydroxylation sites is 2. The lowest BCUT2D eigenvalue weighted by Crippen LogP contribution is -2.44. The molecule has 1 fully saturated rings. The molecule has 0 spiro atoms. The molecule has 1 N–H and O–H groups in total. The fourth-order valence-corrected chi connectivity index (χ4v) is 4.46. The molecule has 0 aliphatic carbocycles. The van der Waals surface area contributed by atoms with Gasteiger partial charge in [0.15, 0.2) is 0 Å². The van der Waals surface area contributed by atoms with Crippen LogP contribution in [-0.2, 0) is 21.8 Å². The Bertz CT molecular complexity index is 1020. The zero-order valence-electron chi connectivity index (χ0n) is 17.6. The Morgan fingerprint density at radius 2 is 1.94 bits per heavy atom. The van der Waals surface area contributed by atoms with Crippen molar-refractivity contribution in [2.24, 2.45) is 0 Å². The normalized spacial score (nSPS) is 15.8. The monoisotopic (exact) mass is 442 g/mol. The largest absolute Gasteiger partial charge is 0.379 e. The molecule has 1 aliphatic heterocycles. The molecule has 2 heterocycles. The van der Waals surface area contributed by atoms with Crippen LogP contribution in [0, 0.1) is 5.82 Å². The van der Waals surface area contributed by atoms with Gasteiger partial charge in [-0.3, -0.25) is 9.69 Å². The predicted molar refractivity (Wildman–Crippen MR) is 121 cm³/mol. The summed E-state index contributed by atoms with van der Waals surface area (Å²) in [7, 11) is 0. The van der Waals surface area contributed by atoms with Crippen LogP contribution in [0.3, 0.4) is 0 Å². The molecule has 8 heteroatoms. The van der Waals surface area contributed by atoms with Crippen LogP contribution in [0.25, 0.3) is 11.0 Å². The molecule has 6 nitrogen and oxygen atoms in total. The van der Waals surface area contributed by atoms with Gasteiger partial charge in [0, 0.05) is 19.6 Å². The van der Waals surface area contributed by atoms with Gasteiger partial charge in [-0.25, -0.2) is 9.37 Å². The van der Waals surface area contributed by atoms with Gasteiger partial charge in [-0.05, 0) is 36.1 Å². The smallest absolute Gasteiger partial charge is 0.240 e. The van der Waals surface area contributed by atoms with Crippen molar-refractivity contribution in [3.63, 3.8) is 0 Å². The van der Waals surface area contributed by atoms with E-state index in [0.29, 0.717) is 19.8 Å². The van der Waals surface area contributed by atoms with Gasteiger partial charge in [-0.15, -0.1) is 0 Å². The van der Waals surface area contributed by atoms with E-state index in [9.17, 15) is 9.18 Å². The number of halogens is 1. The van der Waals surface area contributed by atoms with Crippen LogP contribution in [-0.4, -0.2) is 59.5 Å². The zero-order chi connectivity index (χ0) is 21.6. The quantitative estimate of drug-likeness (QED) is 0.581. The second-order valence-corrected chi connectivity index (χ2v) is 8.42. The number of nitrogens with zero attached hydrogens (tertiary/aromatic N) is 3. The second kappa shape index (κ2) is 10.3. The van der Waals surface area contributed by atoms with E-state index in [1.54, 1.807) is 23.9 Å². The van der Waals surface area contributed by atoms with E-state index < -0.39 is 0 Å². The first-order valence-corrected chi connectivity index (χ1v) is 11.8. The standard InChI is InChI=1S/C23H27FN4O2S/c1-31-16-22-26-19-4-2-3-5-20(19)28(22)15-23(29)25-14-21(27-10-12-30-13-11-27)17-6-8-18(24)9-7-17/h2-9,21H,10-16H2,1H3,(H,25,29). The number of fused-ring (bicyclic) bond motifs is 1. The third-order valence-electron chi connectivity index (χ3n) is 5.54. The molecule has 1 saturated heterocycles. The summed E-state index contributed by atoms with van der Waals surface area (Å²) in [5, 5.41) is 3.09. The Balaban J connectivity index is 1.48. The molecule has 1 atom stereocenters. The molecule has 2 aromatic carbocycles. The first-order valence-electron chi connectivity index (χ1n) is 10.4. The first kappa shape index (κ1) is 21.8. The minimum absolute atomic E-state index is 0.0290. The summed E-state index contributed by atoms with van der Waals surface area (Å²) < 4.78 is 20.9. The van der Waals surface area contributed by atoms with E-state index in [1.807, 2.05) is 35.1 Å². The van der Waals surface area contributed by atoms with Crippen molar-refractivity contribution < 1.29 is 13.9 Å². The van der Waals surface area contributed by atoms with E-state index in [1.165, 1.54) is 12.1 Å². The number of hydrogen-bond donors (Lipinski definition) is 1. The molecular formula is C23H27FN4O2S. The van der Waals surface area contributed by atoms with Crippen LogP contribution in [0.5, 0.6) is 0 Å². The lowest BCUT2D eigenvalue weighted by atomic mass is 10.0. The van der Waals surface area contributed by atoms with Crippen molar-refractivity contribution in [1.82, 2.24) is 19.8 Å². The lowest BCUT2D eigenvalue weighted by molar-refractivity contribution is -0.122. The number of nitrogens with one attached hydrogen (secondary N) is 1. The van der Waals surface area contributed by atoms with Crippen molar-refractivity contribution in [3.05, 3.63) is 65.7 Å². The minimum Gasteiger partial charge on any atom is -0.379 e. The number of amides is 1. The maximum atomic E-state index is 13.4. The summed E-state index contributed by atoms with van der Waals surface area (Å²) in [6.07, 6.45) is 2.03. The number of hydrogen-bond acceptors (Lipinski definition) is 5. The average molecular weight is 443 g/mol. The fraction of sp³-hybridized carbons (Fsp3) is 0.391. The molecule has 3 aromatic rings. The van der Waals surface area contributed by atoms with Crippen LogP contribution >= 0.6 is 11.8 Å². The number of carbonyl (C=O) groups excluding carboxylic acids is 1. The fourth-order valence-electron chi connectivity index (χ4n) is 3.98. The molecule has 31 heavy (non-hydrogen) atoms. The third kappa shape index (κ3) is 5.26. The van der Waals surface area contributed by atoms with Crippen molar-refractivity contribution >= 4 is 28.7 Å².